The van der Waals surface area contributed by atoms with Crippen LogP contribution in [0.4, 0.5) is 0 Å². The highest BCUT2D eigenvalue weighted by atomic mass is 32.2. The Hall–Kier alpha value is -1.69. The molecule has 1 aliphatic rings. The zero-order valence-corrected chi connectivity index (χ0v) is 17.8. The van der Waals surface area contributed by atoms with Crippen LogP contribution >= 0.6 is 0 Å². The Morgan fingerprint density at radius 3 is 2.25 bits per heavy atom. The van der Waals surface area contributed by atoms with E-state index >= 15 is 0 Å². The first-order valence-electron chi connectivity index (χ1n) is 10.3. The minimum absolute atomic E-state index is 0.356. The summed E-state index contributed by atoms with van der Waals surface area (Å²) >= 11 is 0. The second-order valence-corrected chi connectivity index (χ2v) is 9.88. The smallest absolute Gasteiger partial charge is 0.240 e. The van der Waals surface area contributed by atoms with Gasteiger partial charge in [-0.1, -0.05) is 56.3 Å². The number of sulfonamides is 1. The quantitative estimate of drug-likeness (QED) is 0.715. The number of nitrogens with zero attached hydrogens (tertiary/aromatic N) is 1. The first-order chi connectivity index (χ1) is 13.4. The van der Waals surface area contributed by atoms with Crippen molar-refractivity contribution in [3.05, 3.63) is 65.7 Å². The average Bonchev–Trinajstić information content (AvgIpc) is 2.70. The zero-order valence-electron chi connectivity index (χ0n) is 17.0. The third-order valence-electron chi connectivity index (χ3n) is 5.66. The Labute approximate surface area is 170 Å². The maximum atomic E-state index is 12.5. The Morgan fingerprint density at radius 2 is 1.64 bits per heavy atom. The van der Waals surface area contributed by atoms with Crippen molar-refractivity contribution in [1.29, 1.82) is 0 Å². The second kappa shape index (κ2) is 9.68. The molecule has 28 heavy (non-hydrogen) atoms. The summed E-state index contributed by atoms with van der Waals surface area (Å²) in [5.74, 6) is 0.996. The van der Waals surface area contributed by atoms with E-state index in [4.69, 9.17) is 0 Å². The van der Waals surface area contributed by atoms with Gasteiger partial charge in [0.15, 0.2) is 0 Å². The van der Waals surface area contributed by atoms with E-state index in [1.165, 1.54) is 5.56 Å². The predicted octanol–water partition coefficient (Wildman–Crippen LogP) is 4.39. The molecule has 1 saturated heterocycles. The van der Waals surface area contributed by atoms with E-state index in [0.29, 0.717) is 23.3 Å². The molecule has 0 aliphatic carbocycles. The van der Waals surface area contributed by atoms with Gasteiger partial charge in [0.1, 0.15) is 0 Å². The summed E-state index contributed by atoms with van der Waals surface area (Å²) in [4.78, 5) is 2.85. The predicted molar refractivity (Wildman–Crippen MR) is 115 cm³/mol. The number of hydrogen-bond acceptors (Lipinski definition) is 3. The minimum atomic E-state index is -3.42. The largest absolute Gasteiger partial charge is 0.299 e. The van der Waals surface area contributed by atoms with Crippen molar-refractivity contribution in [2.45, 2.75) is 50.5 Å². The molecule has 0 saturated carbocycles. The molecule has 1 heterocycles. The van der Waals surface area contributed by atoms with E-state index in [2.05, 4.69) is 53.8 Å². The summed E-state index contributed by atoms with van der Waals surface area (Å²) in [6.07, 6.45) is 3.18. The fourth-order valence-corrected chi connectivity index (χ4v) is 4.84. The molecule has 1 fully saturated rings. The van der Waals surface area contributed by atoms with Crippen LogP contribution in [0.5, 0.6) is 0 Å². The van der Waals surface area contributed by atoms with E-state index in [1.54, 1.807) is 12.1 Å². The lowest BCUT2D eigenvalue weighted by atomic mass is 9.93. The van der Waals surface area contributed by atoms with Crippen LogP contribution in [0.1, 0.15) is 50.2 Å². The highest BCUT2D eigenvalue weighted by molar-refractivity contribution is 7.89. The summed E-state index contributed by atoms with van der Waals surface area (Å²) in [5.41, 5.74) is 2.51. The first-order valence-corrected chi connectivity index (χ1v) is 11.8. The van der Waals surface area contributed by atoms with Gasteiger partial charge in [-0.15, -0.1) is 0 Å². The molecule has 1 aliphatic heterocycles. The molecule has 3 rings (SSSR count). The molecule has 0 aromatic heterocycles. The SMILES string of the molecule is CC(C)c1ccc(S(=O)(=O)NCCC2CCN(Cc3ccccc3)CC2)cc1. The number of hydrogen-bond donors (Lipinski definition) is 1. The van der Waals surface area contributed by atoms with Gasteiger partial charge in [0.25, 0.3) is 0 Å². The molecule has 2 aromatic carbocycles. The monoisotopic (exact) mass is 400 g/mol. The summed E-state index contributed by atoms with van der Waals surface area (Å²) in [5, 5.41) is 0. The van der Waals surface area contributed by atoms with Crippen molar-refractivity contribution < 1.29 is 8.42 Å². The lowest BCUT2D eigenvalue weighted by Gasteiger charge is -2.32. The maximum absolute atomic E-state index is 12.5. The molecule has 5 heteroatoms. The van der Waals surface area contributed by atoms with Gasteiger partial charge >= 0.3 is 0 Å². The number of rotatable bonds is 8. The molecule has 0 atom stereocenters. The molecule has 4 nitrogen and oxygen atoms in total. The Balaban J connectivity index is 1.41. The van der Waals surface area contributed by atoms with E-state index < -0.39 is 10.0 Å². The number of likely N-dealkylation sites (tertiary alicyclic amines) is 1. The highest BCUT2D eigenvalue weighted by Gasteiger charge is 2.20. The molecule has 0 amide bonds. The van der Waals surface area contributed by atoms with Crippen LogP contribution in [-0.2, 0) is 16.6 Å². The Morgan fingerprint density at radius 1 is 1.00 bits per heavy atom. The summed E-state index contributed by atoms with van der Waals surface area (Å²) in [6.45, 7) is 7.90. The third-order valence-corrected chi connectivity index (χ3v) is 7.13. The molecule has 152 valence electrons. The van der Waals surface area contributed by atoms with Crippen LogP contribution in [0.25, 0.3) is 0 Å². The van der Waals surface area contributed by atoms with Crippen LogP contribution in [-0.4, -0.2) is 33.0 Å². The molecule has 0 spiro atoms. The van der Waals surface area contributed by atoms with Gasteiger partial charge in [-0.25, -0.2) is 13.1 Å². The normalized spacial score (nSPS) is 16.5. The van der Waals surface area contributed by atoms with Crippen molar-refractivity contribution >= 4 is 10.0 Å². The number of benzene rings is 2. The van der Waals surface area contributed by atoms with E-state index in [1.807, 2.05) is 12.1 Å². The lowest BCUT2D eigenvalue weighted by molar-refractivity contribution is 0.173. The topological polar surface area (TPSA) is 49.4 Å². The first kappa shape index (κ1) is 21.0. The molecular formula is C23H32N2O2S. The van der Waals surface area contributed by atoms with Gasteiger partial charge < -0.3 is 0 Å². The summed E-state index contributed by atoms with van der Waals surface area (Å²) in [6, 6.07) is 17.8. The molecule has 2 aromatic rings. The number of nitrogens with one attached hydrogen (secondary N) is 1. The van der Waals surface area contributed by atoms with Crippen LogP contribution in [0.15, 0.2) is 59.5 Å². The van der Waals surface area contributed by atoms with Crippen LogP contribution in [0, 0.1) is 5.92 Å². The minimum Gasteiger partial charge on any atom is -0.299 e. The molecule has 0 radical (unpaired) electrons. The van der Waals surface area contributed by atoms with Crippen molar-refractivity contribution in [2.24, 2.45) is 5.92 Å². The average molecular weight is 401 g/mol. The van der Waals surface area contributed by atoms with Crippen molar-refractivity contribution in [1.82, 2.24) is 9.62 Å². The lowest BCUT2D eigenvalue weighted by Crippen LogP contribution is -2.34. The maximum Gasteiger partial charge on any atom is 0.240 e. The van der Waals surface area contributed by atoms with Crippen molar-refractivity contribution in [3.63, 3.8) is 0 Å². The van der Waals surface area contributed by atoms with E-state index in [9.17, 15) is 8.42 Å². The van der Waals surface area contributed by atoms with Gasteiger partial charge in [0.2, 0.25) is 10.0 Å². The van der Waals surface area contributed by atoms with Gasteiger partial charge in [-0.05, 0) is 67.4 Å². The van der Waals surface area contributed by atoms with Crippen LogP contribution in [0.3, 0.4) is 0 Å². The molecular weight excluding hydrogens is 368 g/mol. The standard InChI is InChI=1S/C23H32N2O2S/c1-19(2)22-8-10-23(11-9-22)28(26,27)24-15-12-20-13-16-25(17-14-20)18-21-6-4-3-5-7-21/h3-11,19-20,24H,12-18H2,1-2H3. The molecule has 0 unspecified atom stereocenters. The van der Waals surface area contributed by atoms with Gasteiger partial charge in [0, 0.05) is 13.1 Å². The van der Waals surface area contributed by atoms with E-state index in [-0.39, 0.29) is 0 Å². The Bertz CT molecular complexity index is 825. The molecule has 1 N–H and O–H groups in total. The third kappa shape index (κ3) is 5.90. The van der Waals surface area contributed by atoms with Crippen LogP contribution < -0.4 is 4.72 Å². The number of piperidine rings is 1. The van der Waals surface area contributed by atoms with Gasteiger partial charge in [-0.2, -0.15) is 0 Å². The fraction of sp³-hybridized carbons (Fsp3) is 0.478. The highest BCUT2D eigenvalue weighted by Crippen LogP contribution is 2.22. The summed E-state index contributed by atoms with van der Waals surface area (Å²) in [7, 11) is -3.42. The van der Waals surface area contributed by atoms with Crippen LogP contribution in [0.2, 0.25) is 0 Å². The summed E-state index contributed by atoms with van der Waals surface area (Å²) < 4.78 is 27.8. The van der Waals surface area contributed by atoms with Gasteiger partial charge in [-0.3, -0.25) is 4.90 Å². The second-order valence-electron chi connectivity index (χ2n) is 8.12. The Kier molecular flexibility index (Phi) is 7.27. The van der Waals surface area contributed by atoms with Gasteiger partial charge in [0.05, 0.1) is 4.90 Å². The molecule has 0 bridgehead atoms. The van der Waals surface area contributed by atoms with E-state index in [0.717, 1.165) is 44.5 Å². The van der Waals surface area contributed by atoms with Crippen molar-refractivity contribution in [2.75, 3.05) is 19.6 Å². The zero-order chi connectivity index (χ0) is 20.0. The fourth-order valence-electron chi connectivity index (χ4n) is 3.79. The van der Waals surface area contributed by atoms with Crippen molar-refractivity contribution in [3.8, 4) is 0 Å².